The average Bonchev–Trinajstić information content (AvgIpc) is 3.33. The molecule has 0 saturated heterocycles. The highest BCUT2D eigenvalue weighted by atomic mass is 16.5. The molecule has 0 saturated carbocycles. The molecule has 3 aromatic heterocycles. The van der Waals surface area contributed by atoms with Crippen LogP contribution in [0.5, 0.6) is 5.75 Å². The minimum atomic E-state index is -0.237. The Hall–Kier alpha value is -3.94. The maximum Gasteiger partial charge on any atom is 0.256 e. The van der Waals surface area contributed by atoms with Crippen molar-refractivity contribution < 1.29 is 14.1 Å². The molecule has 30 heavy (non-hydrogen) atoms. The van der Waals surface area contributed by atoms with E-state index in [1.165, 1.54) is 0 Å². The third-order valence-electron chi connectivity index (χ3n) is 4.63. The highest BCUT2D eigenvalue weighted by molar-refractivity contribution is 6.03. The van der Waals surface area contributed by atoms with Crippen LogP contribution in [0.2, 0.25) is 0 Å². The molecule has 0 fully saturated rings. The molecule has 8 nitrogen and oxygen atoms in total. The number of pyridine rings is 1. The summed E-state index contributed by atoms with van der Waals surface area (Å²) in [6.07, 6.45) is 5.33. The smallest absolute Gasteiger partial charge is 0.256 e. The molecule has 0 aliphatic rings. The van der Waals surface area contributed by atoms with Crippen LogP contribution in [0.25, 0.3) is 0 Å². The van der Waals surface area contributed by atoms with Crippen molar-refractivity contribution >= 4 is 11.7 Å². The fourth-order valence-corrected chi connectivity index (χ4v) is 2.95. The van der Waals surface area contributed by atoms with Gasteiger partial charge >= 0.3 is 0 Å². The number of amides is 1. The van der Waals surface area contributed by atoms with Gasteiger partial charge in [0.25, 0.3) is 5.91 Å². The van der Waals surface area contributed by atoms with Crippen molar-refractivity contribution in [2.45, 2.75) is 27.0 Å². The summed E-state index contributed by atoms with van der Waals surface area (Å²) < 4.78 is 12.7. The molecule has 0 radical (unpaired) electrons. The molecule has 3 heterocycles. The van der Waals surface area contributed by atoms with Gasteiger partial charge in [0, 0.05) is 30.2 Å². The predicted octanol–water partition coefficient (Wildman–Crippen LogP) is 3.76. The lowest BCUT2D eigenvalue weighted by Gasteiger charge is -2.07. The Morgan fingerprint density at radius 3 is 2.70 bits per heavy atom. The molecular weight excluding hydrogens is 382 g/mol. The Morgan fingerprint density at radius 1 is 1.17 bits per heavy atom. The van der Waals surface area contributed by atoms with Crippen LogP contribution in [0.1, 0.15) is 32.9 Å². The summed E-state index contributed by atoms with van der Waals surface area (Å²) >= 11 is 0. The third kappa shape index (κ3) is 4.54. The molecule has 8 heteroatoms. The first-order valence-electron chi connectivity index (χ1n) is 9.47. The van der Waals surface area contributed by atoms with E-state index in [0.29, 0.717) is 30.3 Å². The minimum Gasteiger partial charge on any atom is -0.489 e. The molecule has 0 spiro atoms. The second-order valence-corrected chi connectivity index (χ2v) is 6.83. The zero-order valence-electron chi connectivity index (χ0n) is 16.7. The SMILES string of the molecule is Cc1noc(C)c1COc1ccc(C(=O)Nc2ccn(Cc3cccnc3)n2)cc1. The number of nitrogens with zero attached hydrogens (tertiary/aromatic N) is 4. The van der Waals surface area contributed by atoms with Gasteiger partial charge < -0.3 is 14.6 Å². The van der Waals surface area contributed by atoms with E-state index in [9.17, 15) is 4.79 Å². The molecule has 0 atom stereocenters. The number of aromatic nitrogens is 4. The van der Waals surface area contributed by atoms with Gasteiger partial charge in [-0.1, -0.05) is 11.2 Å². The fourth-order valence-electron chi connectivity index (χ4n) is 2.95. The Labute approximate surface area is 173 Å². The van der Waals surface area contributed by atoms with Crippen molar-refractivity contribution in [2.75, 3.05) is 5.32 Å². The van der Waals surface area contributed by atoms with Crippen molar-refractivity contribution in [3.05, 3.63) is 89.2 Å². The molecular formula is C22H21N5O3. The van der Waals surface area contributed by atoms with Gasteiger partial charge in [0.15, 0.2) is 5.82 Å². The van der Waals surface area contributed by atoms with Crippen molar-refractivity contribution in [3.63, 3.8) is 0 Å². The van der Waals surface area contributed by atoms with Gasteiger partial charge in [0.05, 0.1) is 17.8 Å². The van der Waals surface area contributed by atoms with Crippen molar-refractivity contribution in [1.82, 2.24) is 19.9 Å². The van der Waals surface area contributed by atoms with Crippen LogP contribution in [0, 0.1) is 13.8 Å². The highest BCUT2D eigenvalue weighted by Gasteiger charge is 2.11. The van der Waals surface area contributed by atoms with E-state index in [-0.39, 0.29) is 5.91 Å². The highest BCUT2D eigenvalue weighted by Crippen LogP contribution is 2.18. The maximum absolute atomic E-state index is 12.5. The third-order valence-corrected chi connectivity index (χ3v) is 4.63. The number of rotatable bonds is 7. The van der Waals surface area contributed by atoms with Gasteiger partial charge in [0.1, 0.15) is 18.1 Å². The monoisotopic (exact) mass is 403 g/mol. The molecule has 0 aliphatic heterocycles. The molecule has 1 amide bonds. The van der Waals surface area contributed by atoms with Crippen LogP contribution in [0.15, 0.2) is 65.6 Å². The number of aryl methyl sites for hydroxylation is 2. The number of benzene rings is 1. The molecule has 1 aromatic carbocycles. The lowest BCUT2D eigenvalue weighted by atomic mass is 10.2. The molecule has 0 unspecified atom stereocenters. The number of carbonyl (C=O) groups excluding carboxylic acids is 1. The van der Waals surface area contributed by atoms with Gasteiger partial charge in [-0.2, -0.15) is 5.10 Å². The fraction of sp³-hybridized carbons (Fsp3) is 0.182. The number of carbonyl (C=O) groups is 1. The second-order valence-electron chi connectivity index (χ2n) is 6.83. The van der Waals surface area contributed by atoms with E-state index in [2.05, 4.69) is 20.6 Å². The summed E-state index contributed by atoms with van der Waals surface area (Å²) in [6.45, 7) is 4.67. The van der Waals surface area contributed by atoms with E-state index in [1.807, 2.05) is 32.2 Å². The topological polar surface area (TPSA) is 95.1 Å². The van der Waals surface area contributed by atoms with Crippen LogP contribution in [-0.2, 0) is 13.2 Å². The summed E-state index contributed by atoms with van der Waals surface area (Å²) in [5, 5.41) is 11.1. The Kier molecular flexibility index (Phi) is 5.56. The number of hydrogen-bond acceptors (Lipinski definition) is 6. The quantitative estimate of drug-likeness (QED) is 0.505. The van der Waals surface area contributed by atoms with Crippen molar-refractivity contribution in [3.8, 4) is 5.75 Å². The minimum absolute atomic E-state index is 0.237. The first-order chi connectivity index (χ1) is 14.6. The summed E-state index contributed by atoms with van der Waals surface area (Å²) in [6, 6.07) is 12.6. The van der Waals surface area contributed by atoms with Crippen LogP contribution in [0.4, 0.5) is 5.82 Å². The van der Waals surface area contributed by atoms with Gasteiger partial charge in [-0.05, 0) is 49.7 Å². The van der Waals surface area contributed by atoms with Gasteiger partial charge in [-0.15, -0.1) is 0 Å². The summed E-state index contributed by atoms with van der Waals surface area (Å²) in [4.78, 5) is 16.6. The lowest BCUT2D eigenvalue weighted by Crippen LogP contribution is -2.13. The van der Waals surface area contributed by atoms with Gasteiger partial charge in [-0.3, -0.25) is 14.5 Å². The number of nitrogens with one attached hydrogen (secondary N) is 1. The first-order valence-corrected chi connectivity index (χ1v) is 9.47. The number of ether oxygens (including phenoxy) is 1. The molecule has 1 N–H and O–H groups in total. The maximum atomic E-state index is 12.5. The zero-order chi connectivity index (χ0) is 20.9. The Bertz CT molecular complexity index is 1110. The Morgan fingerprint density at radius 2 is 2.00 bits per heavy atom. The normalized spacial score (nSPS) is 10.7. The van der Waals surface area contributed by atoms with Crippen LogP contribution >= 0.6 is 0 Å². The van der Waals surface area contributed by atoms with Crippen LogP contribution in [-0.4, -0.2) is 25.8 Å². The van der Waals surface area contributed by atoms with Crippen LogP contribution < -0.4 is 10.1 Å². The standard InChI is InChI=1S/C22H21N5O3/c1-15-20(16(2)30-26-15)14-29-19-7-5-18(6-8-19)22(28)24-21-9-11-27(25-21)13-17-4-3-10-23-12-17/h3-12H,13-14H2,1-2H3,(H,24,25,28). The van der Waals surface area contributed by atoms with E-state index < -0.39 is 0 Å². The Balaban J connectivity index is 1.34. The number of anilines is 1. The predicted molar refractivity (Wildman–Crippen MR) is 110 cm³/mol. The number of hydrogen-bond donors (Lipinski definition) is 1. The molecule has 152 valence electrons. The lowest BCUT2D eigenvalue weighted by molar-refractivity contribution is 0.102. The van der Waals surface area contributed by atoms with E-state index in [1.54, 1.807) is 47.4 Å². The van der Waals surface area contributed by atoms with E-state index >= 15 is 0 Å². The zero-order valence-corrected chi connectivity index (χ0v) is 16.7. The average molecular weight is 403 g/mol. The second kappa shape index (κ2) is 8.60. The summed E-state index contributed by atoms with van der Waals surface area (Å²) in [5.41, 5.74) is 3.29. The summed E-state index contributed by atoms with van der Waals surface area (Å²) in [7, 11) is 0. The molecule has 0 aliphatic carbocycles. The van der Waals surface area contributed by atoms with Crippen molar-refractivity contribution in [1.29, 1.82) is 0 Å². The van der Waals surface area contributed by atoms with E-state index in [4.69, 9.17) is 9.26 Å². The molecule has 4 rings (SSSR count). The van der Waals surface area contributed by atoms with Crippen molar-refractivity contribution in [2.24, 2.45) is 0 Å². The van der Waals surface area contributed by atoms with Gasteiger partial charge in [0.2, 0.25) is 0 Å². The summed E-state index contributed by atoms with van der Waals surface area (Å²) in [5.74, 6) is 1.65. The molecule has 4 aromatic rings. The molecule has 0 bridgehead atoms. The van der Waals surface area contributed by atoms with Gasteiger partial charge in [-0.25, -0.2) is 0 Å². The first kappa shape index (κ1) is 19.4. The largest absolute Gasteiger partial charge is 0.489 e. The van der Waals surface area contributed by atoms with Crippen LogP contribution in [0.3, 0.4) is 0 Å². The van der Waals surface area contributed by atoms with E-state index in [0.717, 1.165) is 22.6 Å².